The molecule has 5 heteroatoms. The summed E-state index contributed by atoms with van der Waals surface area (Å²) >= 11 is 5.88. The van der Waals surface area contributed by atoms with Gasteiger partial charge in [0.2, 0.25) is 5.91 Å². The zero-order valence-corrected chi connectivity index (χ0v) is 12.6. The fourth-order valence-electron chi connectivity index (χ4n) is 2.38. The van der Waals surface area contributed by atoms with Gasteiger partial charge in [-0.05, 0) is 24.1 Å². The minimum Gasteiger partial charge on any atom is -0.342 e. The van der Waals surface area contributed by atoms with E-state index in [1.165, 1.54) is 5.56 Å². The second-order valence-corrected chi connectivity index (χ2v) is 5.39. The molecule has 19 heavy (non-hydrogen) atoms. The van der Waals surface area contributed by atoms with Gasteiger partial charge in [-0.15, -0.1) is 12.4 Å². The normalized spacial score (nSPS) is 19.9. The van der Waals surface area contributed by atoms with Crippen molar-refractivity contribution in [3.05, 3.63) is 34.9 Å². The molecule has 2 unspecified atom stereocenters. The Morgan fingerprint density at radius 3 is 2.68 bits per heavy atom. The summed E-state index contributed by atoms with van der Waals surface area (Å²) in [5.74, 6) is 0.527. The molecule has 106 valence electrons. The van der Waals surface area contributed by atoms with Crippen molar-refractivity contribution in [1.29, 1.82) is 0 Å². The molecular formula is C14H20Cl2N2O. The minimum atomic E-state index is -0.0750. The lowest BCUT2D eigenvalue weighted by Crippen LogP contribution is -2.36. The summed E-state index contributed by atoms with van der Waals surface area (Å²) in [6.45, 7) is 3.93. The summed E-state index contributed by atoms with van der Waals surface area (Å²) in [7, 11) is 0. The van der Waals surface area contributed by atoms with Crippen LogP contribution >= 0.6 is 24.0 Å². The first-order chi connectivity index (χ1) is 8.61. The van der Waals surface area contributed by atoms with Gasteiger partial charge in [-0.3, -0.25) is 4.79 Å². The van der Waals surface area contributed by atoms with E-state index in [1.54, 1.807) is 0 Å². The second kappa shape index (κ2) is 7.13. The Bertz CT molecular complexity index is 422. The number of carbonyl (C=O) groups excluding carboxylic acids is 1. The van der Waals surface area contributed by atoms with E-state index in [0.717, 1.165) is 24.5 Å². The van der Waals surface area contributed by atoms with E-state index in [9.17, 15) is 4.79 Å². The van der Waals surface area contributed by atoms with E-state index in [-0.39, 0.29) is 24.2 Å². The molecule has 3 nitrogen and oxygen atoms in total. The first-order valence-corrected chi connectivity index (χ1v) is 6.74. The van der Waals surface area contributed by atoms with Crippen LogP contribution in [0.4, 0.5) is 0 Å². The van der Waals surface area contributed by atoms with Crippen LogP contribution in [0.2, 0.25) is 5.02 Å². The van der Waals surface area contributed by atoms with Crippen LogP contribution in [0.3, 0.4) is 0 Å². The third-order valence-corrected chi connectivity index (χ3v) is 3.87. The van der Waals surface area contributed by atoms with Crippen molar-refractivity contribution >= 4 is 29.9 Å². The monoisotopic (exact) mass is 302 g/mol. The van der Waals surface area contributed by atoms with E-state index in [1.807, 2.05) is 36.1 Å². The van der Waals surface area contributed by atoms with Crippen LogP contribution in [0.1, 0.15) is 24.8 Å². The van der Waals surface area contributed by atoms with Gasteiger partial charge in [0.05, 0.1) is 0 Å². The summed E-state index contributed by atoms with van der Waals surface area (Å²) in [6.07, 6.45) is 1.02. The summed E-state index contributed by atoms with van der Waals surface area (Å²) < 4.78 is 0. The number of carbonyl (C=O) groups is 1. The number of nitrogens with two attached hydrogens (primary N) is 1. The zero-order chi connectivity index (χ0) is 13.1. The highest BCUT2D eigenvalue weighted by atomic mass is 35.5. The fraction of sp³-hybridized carbons (Fsp3) is 0.500. The molecule has 1 aliphatic heterocycles. The molecule has 1 heterocycles. The van der Waals surface area contributed by atoms with E-state index < -0.39 is 0 Å². The number of amides is 1. The zero-order valence-electron chi connectivity index (χ0n) is 11.0. The standard InChI is InChI=1S/C14H19ClN2O.ClH/c1-10(8-16)14(18)17-7-6-12(9-17)11-2-4-13(15)5-3-11;/h2-5,10,12H,6-9,16H2,1H3;1H. The molecular weight excluding hydrogens is 283 g/mol. The average molecular weight is 303 g/mol. The van der Waals surface area contributed by atoms with E-state index in [0.29, 0.717) is 12.5 Å². The highest BCUT2D eigenvalue weighted by Crippen LogP contribution is 2.28. The lowest BCUT2D eigenvalue weighted by atomic mass is 9.99. The molecule has 0 bridgehead atoms. The molecule has 0 saturated carbocycles. The molecule has 1 saturated heterocycles. The predicted molar refractivity (Wildman–Crippen MR) is 80.9 cm³/mol. The Morgan fingerprint density at radius 2 is 2.11 bits per heavy atom. The average Bonchev–Trinajstić information content (AvgIpc) is 2.87. The van der Waals surface area contributed by atoms with Crippen molar-refractivity contribution in [3.63, 3.8) is 0 Å². The molecule has 2 N–H and O–H groups in total. The van der Waals surface area contributed by atoms with E-state index in [2.05, 4.69) is 0 Å². The van der Waals surface area contributed by atoms with Crippen LogP contribution < -0.4 is 5.73 Å². The minimum absolute atomic E-state index is 0. The molecule has 0 aromatic heterocycles. The number of likely N-dealkylation sites (tertiary alicyclic amines) is 1. The van der Waals surface area contributed by atoms with Gasteiger partial charge >= 0.3 is 0 Å². The Labute approximate surface area is 125 Å². The molecule has 2 rings (SSSR count). The topological polar surface area (TPSA) is 46.3 Å². The Morgan fingerprint density at radius 1 is 1.47 bits per heavy atom. The van der Waals surface area contributed by atoms with Gasteiger partial charge in [-0.25, -0.2) is 0 Å². The maximum atomic E-state index is 12.0. The van der Waals surface area contributed by atoms with Gasteiger partial charge in [0.25, 0.3) is 0 Å². The largest absolute Gasteiger partial charge is 0.342 e. The maximum Gasteiger partial charge on any atom is 0.226 e. The van der Waals surface area contributed by atoms with Crippen LogP contribution in [-0.4, -0.2) is 30.4 Å². The van der Waals surface area contributed by atoms with Crippen LogP contribution in [0.25, 0.3) is 0 Å². The number of hydrogen-bond acceptors (Lipinski definition) is 2. The van der Waals surface area contributed by atoms with E-state index >= 15 is 0 Å². The fourth-order valence-corrected chi connectivity index (χ4v) is 2.51. The lowest BCUT2D eigenvalue weighted by molar-refractivity contribution is -0.133. The summed E-state index contributed by atoms with van der Waals surface area (Å²) in [5, 5.41) is 0.751. The number of benzene rings is 1. The molecule has 1 aliphatic rings. The van der Waals surface area contributed by atoms with Gasteiger partial charge in [0, 0.05) is 36.5 Å². The van der Waals surface area contributed by atoms with Gasteiger partial charge in [0.15, 0.2) is 0 Å². The summed E-state index contributed by atoms with van der Waals surface area (Å²) in [5.41, 5.74) is 6.80. The first-order valence-electron chi connectivity index (χ1n) is 6.36. The number of hydrogen-bond donors (Lipinski definition) is 1. The molecule has 2 atom stereocenters. The predicted octanol–water partition coefficient (Wildman–Crippen LogP) is 2.67. The maximum absolute atomic E-state index is 12.0. The van der Waals surface area contributed by atoms with Crippen molar-refractivity contribution in [1.82, 2.24) is 4.90 Å². The Balaban J connectivity index is 0.00000180. The van der Waals surface area contributed by atoms with Crippen molar-refractivity contribution in [2.45, 2.75) is 19.3 Å². The molecule has 1 aromatic rings. The van der Waals surface area contributed by atoms with Crippen molar-refractivity contribution < 1.29 is 4.79 Å². The van der Waals surface area contributed by atoms with Gasteiger partial charge < -0.3 is 10.6 Å². The lowest BCUT2D eigenvalue weighted by Gasteiger charge is -2.20. The van der Waals surface area contributed by atoms with Gasteiger partial charge in [-0.2, -0.15) is 0 Å². The Hall–Kier alpha value is -0.770. The first kappa shape index (κ1) is 16.3. The number of rotatable bonds is 3. The van der Waals surface area contributed by atoms with Crippen LogP contribution in [0.15, 0.2) is 24.3 Å². The summed E-state index contributed by atoms with van der Waals surface area (Å²) in [6, 6.07) is 7.91. The van der Waals surface area contributed by atoms with Crippen molar-refractivity contribution in [2.24, 2.45) is 11.7 Å². The van der Waals surface area contributed by atoms with Gasteiger partial charge in [0.1, 0.15) is 0 Å². The quantitative estimate of drug-likeness (QED) is 0.933. The van der Waals surface area contributed by atoms with Crippen LogP contribution in [0, 0.1) is 5.92 Å². The molecule has 0 spiro atoms. The second-order valence-electron chi connectivity index (χ2n) is 4.96. The molecule has 1 fully saturated rings. The number of nitrogens with zero attached hydrogens (tertiary/aromatic N) is 1. The molecule has 1 amide bonds. The molecule has 0 radical (unpaired) electrons. The molecule has 1 aromatic carbocycles. The van der Waals surface area contributed by atoms with Crippen molar-refractivity contribution in [3.8, 4) is 0 Å². The molecule has 0 aliphatic carbocycles. The highest BCUT2D eigenvalue weighted by Gasteiger charge is 2.29. The number of halogens is 2. The third kappa shape index (κ3) is 3.85. The third-order valence-electron chi connectivity index (χ3n) is 3.62. The van der Waals surface area contributed by atoms with E-state index in [4.69, 9.17) is 17.3 Å². The van der Waals surface area contributed by atoms with Gasteiger partial charge in [-0.1, -0.05) is 30.7 Å². The van der Waals surface area contributed by atoms with Crippen molar-refractivity contribution in [2.75, 3.05) is 19.6 Å². The smallest absolute Gasteiger partial charge is 0.226 e. The Kier molecular flexibility index (Phi) is 6.11. The van der Waals surface area contributed by atoms with Crippen LogP contribution in [-0.2, 0) is 4.79 Å². The van der Waals surface area contributed by atoms with Crippen LogP contribution in [0.5, 0.6) is 0 Å². The summed E-state index contributed by atoms with van der Waals surface area (Å²) in [4.78, 5) is 14.0. The highest BCUT2D eigenvalue weighted by molar-refractivity contribution is 6.30. The SMILES string of the molecule is CC(CN)C(=O)N1CCC(c2ccc(Cl)cc2)C1.Cl.